The van der Waals surface area contributed by atoms with Crippen LogP contribution in [-0.4, -0.2) is 31.7 Å². The van der Waals surface area contributed by atoms with Crippen molar-refractivity contribution in [2.75, 3.05) is 25.5 Å². The Kier molecular flexibility index (Phi) is 6.39. The van der Waals surface area contributed by atoms with E-state index in [-0.39, 0.29) is 24.0 Å². The molecule has 0 bridgehead atoms. The number of piperidine rings is 1. The van der Waals surface area contributed by atoms with Crippen LogP contribution in [-0.2, 0) is 9.53 Å². The second kappa shape index (κ2) is 7.36. The summed E-state index contributed by atoms with van der Waals surface area (Å²) in [4.78, 5) is 12.3. The molecule has 1 saturated heterocycles. The van der Waals surface area contributed by atoms with E-state index in [1.54, 1.807) is 6.07 Å². The zero-order valence-corrected chi connectivity index (χ0v) is 13.4. The molecule has 1 fully saturated rings. The molecule has 20 heavy (non-hydrogen) atoms. The molecule has 0 saturated carbocycles. The number of amides is 1. The van der Waals surface area contributed by atoms with Gasteiger partial charge in [0.2, 0.25) is 0 Å². The quantitative estimate of drug-likeness (QED) is 0.864. The lowest BCUT2D eigenvalue weighted by atomic mass is 9.91. The van der Waals surface area contributed by atoms with Crippen LogP contribution in [0.25, 0.3) is 0 Å². The molecule has 2 rings (SSSR count). The molecule has 0 unspecified atom stereocenters. The van der Waals surface area contributed by atoms with E-state index in [0.717, 1.165) is 0 Å². The standard InChI is InChI=1S/C13H16BrFN2O2.ClH/c1-19-13(4-6-16-7-5-13)12(18)17-11-8-9(14)2-3-10(11)15;/h2-3,8,16H,4-7H2,1H3,(H,17,18);1H. The predicted molar refractivity (Wildman–Crippen MR) is 81.8 cm³/mol. The molecular weight excluding hydrogens is 351 g/mol. The van der Waals surface area contributed by atoms with Crippen LogP contribution in [0, 0.1) is 5.82 Å². The molecule has 1 aliphatic heterocycles. The highest BCUT2D eigenvalue weighted by Crippen LogP contribution is 2.26. The Morgan fingerprint density at radius 2 is 2.10 bits per heavy atom. The fraction of sp³-hybridized carbons (Fsp3) is 0.462. The second-order valence-corrected chi connectivity index (χ2v) is 5.44. The van der Waals surface area contributed by atoms with E-state index in [0.29, 0.717) is 30.4 Å². The highest BCUT2D eigenvalue weighted by Gasteiger charge is 2.39. The van der Waals surface area contributed by atoms with Crippen molar-refractivity contribution < 1.29 is 13.9 Å². The zero-order valence-electron chi connectivity index (χ0n) is 11.0. The minimum Gasteiger partial charge on any atom is -0.368 e. The van der Waals surface area contributed by atoms with Gasteiger partial charge in [-0.15, -0.1) is 12.4 Å². The van der Waals surface area contributed by atoms with Crippen molar-refractivity contribution in [1.82, 2.24) is 5.32 Å². The first kappa shape index (κ1) is 17.4. The van der Waals surface area contributed by atoms with Gasteiger partial charge in [0.25, 0.3) is 5.91 Å². The van der Waals surface area contributed by atoms with Gasteiger partial charge in [-0.3, -0.25) is 4.79 Å². The van der Waals surface area contributed by atoms with Crippen LogP contribution < -0.4 is 10.6 Å². The molecule has 1 amide bonds. The third-order valence-electron chi connectivity index (χ3n) is 3.39. The van der Waals surface area contributed by atoms with E-state index in [1.807, 2.05) is 0 Å². The number of hydrogen-bond acceptors (Lipinski definition) is 3. The van der Waals surface area contributed by atoms with E-state index in [9.17, 15) is 9.18 Å². The maximum atomic E-state index is 13.6. The van der Waals surface area contributed by atoms with Crippen LogP contribution in [0.3, 0.4) is 0 Å². The first-order valence-electron chi connectivity index (χ1n) is 6.10. The fourth-order valence-corrected chi connectivity index (χ4v) is 2.55. The van der Waals surface area contributed by atoms with Crippen molar-refractivity contribution in [2.45, 2.75) is 18.4 Å². The van der Waals surface area contributed by atoms with Gasteiger partial charge in [-0.05, 0) is 44.1 Å². The van der Waals surface area contributed by atoms with Gasteiger partial charge in [0.1, 0.15) is 11.4 Å². The van der Waals surface area contributed by atoms with Gasteiger partial charge < -0.3 is 15.4 Å². The molecule has 0 spiro atoms. The Bertz CT molecular complexity index is 481. The Hall–Kier alpha value is -0.690. The summed E-state index contributed by atoms with van der Waals surface area (Å²) in [5, 5.41) is 5.79. The van der Waals surface area contributed by atoms with Gasteiger partial charge in [0.15, 0.2) is 0 Å². The Morgan fingerprint density at radius 3 is 2.70 bits per heavy atom. The predicted octanol–water partition coefficient (Wildman–Crippen LogP) is 2.72. The van der Waals surface area contributed by atoms with Crippen LogP contribution >= 0.6 is 28.3 Å². The molecule has 112 valence electrons. The molecule has 2 N–H and O–H groups in total. The molecule has 0 aromatic heterocycles. The normalized spacial score (nSPS) is 17.1. The first-order valence-corrected chi connectivity index (χ1v) is 6.89. The monoisotopic (exact) mass is 366 g/mol. The molecule has 1 aromatic rings. The summed E-state index contributed by atoms with van der Waals surface area (Å²) >= 11 is 3.25. The van der Waals surface area contributed by atoms with E-state index in [4.69, 9.17) is 4.74 Å². The van der Waals surface area contributed by atoms with Gasteiger partial charge in [-0.25, -0.2) is 4.39 Å². The van der Waals surface area contributed by atoms with E-state index in [1.165, 1.54) is 19.2 Å². The number of rotatable bonds is 3. The third kappa shape index (κ3) is 3.69. The van der Waals surface area contributed by atoms with Gasteiger partial charge in [-0.2, -0.15) is 0 Å². The van der Waals surface area contributed by atoms with Crippen LogP contribution in [0.1, 0.15) is 12.8 Å². The maximum Gasteiger partial charge on any atom is 0.256 e. The molecule has 7 heteroatoms. The van der Waals surface area contributed by atoms with E-state index < -0.39 is 11.4 Å². The number of ether oxygens (including phenoxy) is 1. The molecule has 1 aliphatic rings. The average molecular weight is 368 g/mol. The number of carbonyl (C=O) groups is 1. The number of nitrogens with one attached hydrogen (secondary N) is 2. The molecule has 0 atom stereocenters. The van der Waals surface area contributed by atoms with Gasteiger partial charge in [0, 0.05) is 11.6 Å². The van der Waals surface area contributed by atoms with Gasteiger partial charge in [-0.1, -0.05) is 15.9 Å². The van der Waals surface area contributed by atoms with Crippen molar-refractivity contribution in [1.29, 1.82) is 0 Å². The third-order valence-corrected chi connectivity index (χ3v) is 3.89. The smallest absolute Gasteiger partial charge is 0.256 e. The Morgan fingerprint density at radius 1 is 1.45 bits per heavy atom. The summed E-state index contributed by atoms with van der Waals surface area (Å²) in [6, 6.07) is 4.43. The summed E-state index contributed by atoms with van der Waals surface area (Å²) in [6.45, 7) is 1.42. The molecule has 1 aromatic carbocycles. The van der Waals surface area contributed by atoms with E-state index >= 15 is 0 Å². The van der Waals surface area contributed by atoms with Crippen molar-refractivity contribution in [2.24, 2.45) is 0 Å². The second-order valence-electron chi connectivity index (χ2n) is 4.53. The maximum absolute atomic E-state index is 13.6. The Balaban J connectivity index is 0.00000200. The highest BCUT2D eigenvalue weighted by atomic mass is 79.9. The minimum atomic E-state index is -0.875. The molecule has 4 nitrogen and oxygen atoms in total. The lowest BCUT2D eigenvalue weighted by Gasteiger charge is -2.34. The van der Waals surface area contributed by atoms with Crippen LogP contribution in [0.15, 0.2) is 22.7 Å². The summed E-state index contributed by atoms with van der Waals surface area (Å²) in [7, 11) is 1.52. The number of anilines is 1. The number of methoxy groups -OCH3 is 1. The fourth-order valence-electron chi connectivity index (χ4n) is 2.18. The number of carbonyl (C=O) groups excluding carboxylic acids is 1. The molecular formula is C13H17BrClFN2O2. The SMILES string of the molecule is COC1(C(=O)Nc2cc(Br)ccc2F)CCNCC1.Cl. The highest BCUT2D eigenvalue weighted by molar-refractivity contribution is 9.10. The number of benzene rings is 1. The summed E-state index contributed by atoms with van der Waals surface area (Å²) in [5.41, 5.74) is -0.714. The molecule has 0 aliphatic carbocycles. The van der Waals surface area contributed by atoms with Crippen molar-refractivity contribution >= 4 is 39.9 Å². The van der Waals surface area contributed by atoms with Crippen molar-refractivity contribution in [3.8, 4) is 0 Å². The van der Waals surface area contributed by atoms with Crippen molar-refractivity contribution in [3.63, 3.8) is 0 Å². The summed E-state index contributed by atoms with van der Waals surface area (Å²) in [5.74, 6) is -0.759. The molecule has 1 heterocycles. The largest absolute Gasteiger partial charge is 0.368 e. The van der Waals surface area contributed by atoms with Gasteiger partial charge >= 0.3 is 0 Å². The summed E-state index contributed by atoms with van der Waals surface area (Å²) in [6.07, 6.45) is 1.15. The lowest BCUT2D eigenvalue weighted by Crippen LogP contribution is -2.51. The summed E-state index contributed by atoms with van der Waals surface area (Å²) < 4.78 is 19.7. The lowest BCUT2D eigenvalue weighted by molar-refractivity contribution is -0.140. The Labute approximate surface area is 132 Å². The topological polar surface area (TPSA) is 50.4 Å². The zero-order chi connectivity index (χ0) is 13.9. The number of halogens is 3. The van der Waals surface area contributed by atoms with E-state index in [2.05, 4.69) is 26.6 Å². The van der Waals surface area contributed by atoms with Crippen molar-refractivity contribution in [3.05, 3.63) is 28.5 Å². The van der Waals surface area contributed by atoms with Crippen LogP contribution in [0.5, 0.6) is 0 Å². The average Bonchev–Trinajstić information content (AvgIpc) is 2.43. The van der Waals surface area contributed by atoms with Crippen LogP contribution in [0.2, 0.25) is 0 Å². The van der Waals surface area contributed by atoms with Gasteiger partial charge in [0.05, 0.1) is 5.69 Å². The van der Waals surface area contributed by atoms with Crippen LogP contribution in [0.4, 0.5) is 10.1 Å². The molecule has 0 radical (unpaired) electrons. The number of hydrogen-bond donors (Lipinski definition) is 2. The minimum absolute atomic E-state index is 0. The first-order chi connectivity index (χ1) is 9.07.